The van der Waals surface area contributed by atoms with Crippen LogP contribution < -0.4 is 5.32 Å². The van der Waals surface area contributed by atoms with Gasteiger partial charge in [0.1, 0.15) is 0 Å². The van der Waals surface area contributed by atoms with Crippen LogP contribution in [0.1, 0.15) is 33.1 Å². The van der Waals surface area contributed by atoms with Crippen molar-refractivity contribution >= 4 is 38.4 Å². The number of hydrogen-bond acceptors (Lipinski definition) is 8. The SMILES string of the molecule is CCOC(=O)C1CCN(S(=O)(=O)c2nnc(NC(=O)CC)s2)CC1. The van der Waals surface area contributed by atoms with Crippen LogP contribution in [0.4, 0.5) is 5.13 Å². The molecule has 1 amide bonds. The van der Waals surface area contributed by atoms with E-state index in [0.717, 1.165) is 11.3 Å². The lowest BCUT2D eigenvalue weighted by Gasteiger charge is -2.29. The summed E-state index contributed by atoms with van der Waals surface area (Å²) in [5, 5.41) is 10.00. The Morgan fingerprint density at radius 2 is 1.96 bits per heavy atom. The summed E-state index contributed by atoms with van der Waals surface area (Å²) in [7, 11) is -3.77. The fraction of sp³-hybridized carbons (Fsp3) is 0.692. The predicted octanol–water partition coefficient (Wildman–Crippen LogP) is 0.850. The molecular weight excluding hydrogens is 356 g/mol. The topological polar surface area (TPSA) is 119 Å². The Balaban J connectivity index is 2.01. The molecule has 1 N–H and O–H groups in total. The molecule has 0 spiro atoms. The van der Waals surface area contributed by atoms with Crippen LogP contribution in [-0.4, -0.2) is 54.5 Å². The monoisotopic (exact) mass is 376 g/mol. The van der Waals surface area contributed by atoms with Crippen LogP contribution in [0.3, 0.4) is 0 Å². The Morgan fingerprint density at radius 3 is 2.54 bits per heavy atom. The van der Waals surface area contributed by atoms with Gasteiger partial charge in [0.05, 0.1) is 12.5 Å². The van der Waals surface area contributed by atoms with Gasteiger partial charge in [-0.25, -0.2) is 8.42 Å². The number of amides is 1. The van der Waals surface area contributed by atoms with Gasteiger partial charge in [-0.1, -0.05) is 18.3 Å². The average Bonchev–Trinajstić information content (AvgIpc) is 3.04. The summed E-state index contributed by atoms with van der Waals surface area (Å²) in [6, 6.07) is 0. The molecule has 1 saturated heterocycles. The van der Waals surface area contributed by atoms with Gasteiger partial charge < -0.3 is 10.1 Å². The second-order valence-electron chi connectivity index (χ2n) is 5.21. The van der Waals surface area contributed by atoms with Crippen molar-refractivity contribution in [2.24, 2.45) is 5.92 Å². The van der Waals surface area contributed by atoms with Crippen LogP contribution in [0.5, 0.6) is 0 Å². The molecule has 11 heteroatoms. The molecule has 2 rings (SSSR count). The fourth-order valence-corrected chi connectivity index (χ4v) is 4.80. The minimum atomic E-state index is -3.77. The maximum atomic E-state index is 12.6. The van der Waals surface area contributed by atoms with E-state index in [2.05, 4.69) is 15.5 Å². The highest BCUT2D eigenvalue weighted by Gasteiger charge is 2.34. The largest absolute Gasteiger partial charge is 0.466 e. The highest BCUT2D eigenvalue weighted by Crippen LogP contribution is 2.27. The van der Waals surface area contributed by atoms with Crippen LogP contribution in [0.2, 0.25) is 0 Å². The summed E-state index contributed by atoms with van der Waals surface area (Å²) < 4.78 is 31.2. The van der Waals surface area contributed by atoms with Crippen LogP contribution in [0, 0.1) is 5.92 Å². The van der Waals surface area contributed by atoms with Crippen molar-refractivity contribution in [2.75, 3.05) is 25.0 Å². The van der Waals surface area contributed by atoms with Crippen molar-refractivity contribution in [3.63, 3.8) is 0 Å². The Morgan fingerprint density at radius 1 is 1.29 bits per heavy atom. The summed E-state index contributed by atoms with van der Waals surface area (Å²) >= 11 is 0.817. The van der Waals surface area contributed by atoms with Crippen molar-refractivity contribution in [2.45, 2.75) is 37.4 Å². The van der Waals surface area contributed by atoms with E-state index in [0.29, 0.717) is 19.4 Å². The van der Waals surface area contributed by atoms with E-state index >= 15 is 0 Å². The first-order valence-electron chi connectivity index (χ1n) is 7.68. The van der Waals surface area contributed by atoms with Crippen molar-refractivity contribution in [3.05, 3.63) is 0 Å². The molecule has 9 nitrogen and oxygen atoms in total. The van der Waals surface area contributed by atoms with Gasteiger partial charge in [0, 0.05) is 19.5 Å². The Kier molecular flexibility index (Phi) is 6.24. The predicted molar refractivity (Wildman–Crippen MR) is 86.9 cm³/mol. The van der Waals surface area contributed by atoms with Gasteiger partial charge in [0.2, 0.25) is 15.4 Å². The van der Waals surface area contributed by atoms with Crippen LogP contribution in [0.25, 0.3) is 0 Å². The number of aromatic nitrogens is 2. The summed E-state index contributed by atoms with van der Waals surface area (Å²) in [4.78, 5) is 23.0. The van der Waals surface area contributed by atoms with Gasteiger partial charge in [0.25, 0.3) is 10.0 Å². The molecule has 0 radical (unpaired) electrons. The summed E-state index contributed by atoms with van der Waals surface area (Å²) in [6.07, 6.45) is 1.09. The quantitative estimate of drug-likeness (QED) is 0.577. The Labute approximate surface area is 144 Å². The number of carbonyl (C=O) groups excluding carboxylic acids is 2. The minimum absolute atomic E-state index is 0.154. The van der Waals surface area contributed by atoms with Gasteiger partial charge in [-0.3, -0.25) is 9.59 Å². The van der Waals surface area contributed by atoms with Gasteiger partial charge >= 0.3 is 5.97 Å². The molecule has 1 aromatic rings. The molecule has 134 valence electrons. The first kappa shape index (κ1) is 18.7. The van der Waals surface area contributed by atoms with E-state index in [1.807, 2.05) is 0 Å². The van der Waals surface area contributed by atoms with Crippen molar-refractivity contribution in [3.8, 4) is 0 Å². The van der Waals surface area contributed by atoms with E-state index in [1.165, 1.54) is 4.31 Å². The first-order chi connectivity index (χ1) is 11.4. The molecule has 1 fully saturated rings. The number of carbonyl (C=O) groups is 2. The highest BCUT2D eigenvalue weighted by atomic mass is 32.2. The van der Waals surface area contributed by atoms with Gasteiger partial charge in [-0.2, -0.15) is 4.31 Å². The van der Waals surface area contributed by atoms with E-state index in [-0.39, 0.29) is 46.8 Å². The van der Waals surface area contributed by atoms with Crippen LogP contribution in [-0.2, 0) is 24.3 Å². The second-order valence-corrected chi connectivity index (χ2v) is 8.29. The number of hydrogen-bond donors (Lipinski definition) is 1. The molecule has 1 aliphatic rings. The molecular formula is C13H20N4O5S2. The number of sulfonamides is 1. The lowest BCUT2D eigenvalue weighted by Crippen LogP contribution is -2.40. The van der Waals surface area contributed by atoms with Gasteiger partial charge in [0.15, 0.2) is 0 Å². The van der Waals surface area contributed by atoms with Crippen LogP contribution >= 0.6 is 11.3 Å². The van der Waals surface area contributed by atoms with Gasteiger partial charge in [-0.05, 0) is 19.8 Å². The molecule has 2 heterocycles. The second kappa shape index (κ2) is 7.99. The number of rotatable bonds is 6. The molecule has 0 unspecified atom stereocenters. The van der Waals surface area contributed by atoms with E-state index < -0.39 is 10.0 Å². The number of anilines is 1. The first-order valence-corrected chi connectivity index (χ1v) is 9.94. The zero-order valence-corrected chi connectivity index (χ0v) is 15.2. The molecule has 0 aliphatic carbocycles. The summed E-state index contributed by atoms with van der Waals surface area (Å²) in [5.74, 6) is -0.814. The summed E-state index contributed by atoms with van der Waals surface area (Å²) in [6.45, 7) is 4.18. The van der Waals surface area contributed by atoms with E-state index in [9.17, 15) is 18.0 Å². The fourth-order valence-electron chi connectivity index (χ4n) is 2.27. The molecule has 0 saturated carbocycles. The third-order valence-electron chi connectivity index (χ3n) is 3.61. The molecule has 0 atom stereocenters. The zero-order chi connectivity index (χ0) is 17.7. The molecule has 24 heavy (non-hydrogen) atoms. The average molecular weight is 376 g/mol. The third kappa shape index (κ3) is 4.28. The maximum Gasteiger partial charge on any atom is 0.309 e. The van der Waals surface area contributed by atoms with E-state index in [1.54, 1.807) is 13.8 Å². The van der Waals surface area contributed by atoms with E-state index in [4.69, 9.17) is 4.74 Å². The van der Waals surface area contributed by atoms with Crippen molar-refractivity contribution in [1.82, 2.24) is 14.5 Å². The number of nitrogens with one attached hydrogen (secondary N) is 1. The van der Waals surface area contributed by atoms with Crippen LogP contribution in [0.15, 0.2) is 4.34 Å². The maximum absolute atomic E-state index is 12.6. The zero-order valence-electron chi connectivity index (χ0n) is 13.5. The molecule has 1 aliphatic heterocycles. The summed E-state index contributed by atoms with van der Waals surface area (Å²) in [5.41, 5.74) is 0. The smallest absolute Gasteiger partial charge is 0.309 e. The molecule has 0 bridgehead atoms. The Bertz CT molecular complexity index is 695. The Hall–Kier alpha value is -1.59. The normalized spacial score (nSPS) is 16.8. The number of nitrogens with zero attached hydrogens (tertiary/aromatic N) is 3. The number of piperidine rings is 1. The lowest BCUT2D eigenvalue weighted by molar-refractivity contribution is -0.149. The number of esters is 1. The van der Waals surface area contributed by atoms with Gasteiger partial charge in [-0.15, -0.1) is 10.2 Å². The lowest BCUT2D eigenvalue weighted by atomic mass is 9.98. The van der Waals surface area contributed by atoms with Crippen molar-refractivity contribution in [1.29, 1.82) is 0 Å². The highest BCUT2D eigenvalue weighted by molar-refractivity contribution is 7.91. The van der Waals surface area contributed by atoms with Crippen molar-refractivity contribution < 1.29 is 22.7 Å². The minimum Gasteiger partial charge on any atom is -0.466 e. The standard InChI is InChI=1S/C13H20N4O5S2/c1-3-10(18)14-12-15-16-13(23-12)24(20,21)17-7-5-9(6-8-17)11(19)22-4-2/h9H,3-8H2,1-2H3,(H,14,15,18). The molecule has 0 aromatic carbocycles. The third-order valence-corrected chi connectivity index (χ3v) is 6.69. The molecule has 1 aromatic heterocycles. The number of ether oxygens (including phenoxy) is 1.